The van der Waals surface area contributed by atoms with Crippen molar-refractivity contribution in [2.45, 2.75) is 20.3 Å². The maximum absolute atomic E-state index is 5.52. The molecule has 0 aliphatic carbocycles. The molecule has 1 N–H and O–H groups in total. The topological polar surface area (TPSA) is 63.2 Å². The van der Waals surface area contributed by atoms with Gasteiger partial charge in [-0.05, 0) is 12.3 Å². The Morgan fingerprint density at radius 1 is 1.24 bits per heavy atom. The van der Waals surface area contributed by atoms with Crippen molar-refractivity contribution in [1.29, 1.82) is 0 Å². The van der Waals surface area contributed by atoms with E-state index in [-0.39, 0.29) is 0 Å². The van der Waals surface area contributed by atoms with Crippen molar-refractivity contribution in [2.24, 2.45) is 5.92 Å². The summed E-state index contributed by atoms with van der Waals surface area (Å²) >= 11 is 0. The van der Waals surface area contributed by atoms with Crippen LogP contribution in [0.15, 0.2) is 0 Å². The molecule has 0 aliphatic heterocycles. The van der Waals surface area contributed by atoms with Crippen LogP contribution in [0.1, 0.15) is 20.3 Å². The van der Waals surface area contributed by atoms with E-state index in [1.807, 2.05) is 19.0 Å². The van der Waals surface area contributed by atoms with Gasteiger partial charge in [0.05, 0.1) is 6.61 Å². The summed E-state index contributed by atoms with van der Waals surface area (Å²) in [5, 5.41) is 2.89. The normalized spacial score (nSPS) is 10.5. The van der Waals surface area contributed by atoms with Gasteiger partial charge in [0.2, 0.25) is 11.9 Å². The molecule has 0 unspecified atom stereocenters. The van der Waals surface area contributed by atoms with E-state index in [1.54, 1.807) is 7.05 Å². The second kappa shape index (κ2) is 6.22. The highest BCUT2D eigenvalue weighted by molar-refractivity contribution is 5.36. The zero-order valence-corrected chi connectivity index (χ0v) is 11.2. The third-order valence-electron chi connectivity index (χ3n) is 2.15. The van der Waals surface area contributed by atoms with Crippen LogP contribution >= 0.6 is 0 Å². The Bertz CT molecular complexity index is 354. The van der Waals surface area contributed by atoms with Gasteiger partial charge in [0.1, 0.15) is 0 Å². The smallest absolute Gasteiger partial charge is 0.323 e. The molecule has 0 bridgehead atoms. The standard InChI is InChI=1S/C11H21N5O/c1-8(2)6-7-17-11-14-9(12-3)13-10(15-11)16(4)5/h8H,6-7H2,1-5H3,(H,12,13,14,15). The summed E-state index contributed by atoms with van der Waals surface area (Å²) in [5.74, 6) is 1.71. The summed E-state index contributed by atoms with van der Waals surface area (Å²) in [6.45, 7) is 4.93. The van der Waals surface area contributed by atoms with Gasteiger partial charge >= 0.3 is 6.01 Å². The molecule has 0 aromatic carbocycles. The predicted molar refractivity (Wildman–Crippen MR) is 68.7 cm³/mol. The fourth-order valence-electron chi connectivity index (χ4n) is 1.11. The first-order chi connectivity index (χ1) is 8.02. The van der Waals surface area contributed by atoms with Gasteiger partial charge in [0.15, 0.2) is 0 Å². The Kier molecular flexibility index (Phi) is 4.93. The fraction of sp³-hybridized carbons (Fsp3) is 0.727. The summed E-state index contributed by atoms with van der Waals surface area (Å²) in [4.78, 5) is 14.4. The van der Waals surface area contributed by atoms with Gasteiger partial charge in [-0.2, -0.15) is 15.0 Å². The van der Waals surface area contributed by atoms with E-state index in [9.17, 15) is 0 Å². The molecular weight excluding hydrogens is 218 g/mol. The molecule has 17 heavy (non-hydrogen) atoms. The van der Waals surface area contributed by atoms with Crippen molar-refractivity contribution >= 4 is 11.9 Å². The molecule has 0 amide bonds. The number of anilines is 2. The van der Waals surface area contributed by atoms with E-state index >= 15 is 0 Å². The van der Waals surface area contributed by atoms with Gasteiger partial charge in [-0.3, -0.25) is 0 Å². The van der Waals surface area contributed by atoms with Crippen molar-refractivity contribution in [2.75, 3.05) is 38.0 Å². The molecule has 1 aromatic rings. The highest BCUT2D eigenvalue weighted by Crippen LogP contribution is 2.13. The van der Waals surface area contributed by atoms with Crippen molar-refractivity contribution in [3.8, 4) is 6.01 Å². The number of hydrogen-bond acceptors (Lipinski definition) is 6. The Labute approximate surface area is 102 Å². The highest BCUT2D eigenvalue weighted by atomic mass is 16.5. The van der Waals surface area contributed by atoms with Crippen LogP contribution in [0.5, 0.6) is 6.01 Å². The molecule has 96 valence electrons. The van der Waals surface area contributed by atoms with Gasteiger partial charge < -0.3 is 15.0 Å². The number of aromatic nitrogens is 3. The number of ether oxygens (including phenoxy) is 1. The predicted octanol–water partition coefficient (Wildman–Crippen LogP) is 1.40. The maximum atomic E-state index is 5.52. The van der Waals surface area contributed by atoms with Gasteiger partial charge in [0.25, 0.3) is 0 Å². The summed E-state index contributed by atoms with van der Waals surface area (Å²) < 4.78 is 5.52. The summed E-state index contributed by atoms with van der Waals surface area (Å²) in [6.07, 6.45) is 0.984. The van der Waals surface area contributed by atoms with Crippen molar-refractivity contribution in [1.82, 2.24) is 15.0 Å². The number of nitrogens with zero attached hydrogens (tertiary/aromatic N) is 4. The number of nitrogens with one attached hydrogen (secondary N) is 1. The van der Waals surface area contributed by atoms with E-state index in [1.165, 1.54) is 0 Å². The van der Waals surface area contributed by atoms with Crippen molar-refractivity contribution in [3.63, 3.8) is 0 Å². The van der Waals surface area contributed by atoms with Gasteiger partial charge in [-0.1, -0.05) is 13.8 Å². The monoisotopic (exact) mass is 239 g/mol. The average molecular weight is 239 g/mol. The van der Waals surface area contributed by atoms with Crippen molar-refractivity contribution in [3.05, 3.63) is 0 Å². The molecule has 0 saturated carbocycles. The quantitative estimate of drug-likeness (QED) is 0.809. The molecule has 6 nitrogen and oxygen atoms in total. The lowest BCUT2D eigenvalue weighted by Crippen LogP contribution is -2.16. The van der Waals surface area contributed by atoms with Crippen LogP contribution in [0.4, 0.5) is 11.9 Å². The minimum Gasteiger partial charge on any atom is -0.463 e. The van der Waals surface area contributed by atoms with E-state index in [2.05, 4.69) is 34.1 Å². The molecule has 0 fully saturated rings. The molecule has 0 aliphatic rings. The van der Waals surface area contributed by atoms with E-state index < -0.39 is 0 Å². The average Bonchev–Trinajstić information content (AvgIpc) is 2.28. The minimum absolute atomic E-state index is 0.369. The van der Waals surface area contributed by atoms with Crippen LogP contribution in [-0.4, -0.2) is 42.7 Å². The fourth-order valence-corrected chi connectivity index (χ4v) is 1.11. The molecule has 1 rings (SSSR count). The zero-order valence-electron chi connectivity index (χ0n) is 11.2. The Morgan fingerprint density at radius 2 is 1.94 bits per heavy atom. The van der Waals surface area contributed by atoms with Gasteiger partial charge in [-0.25, -0.2) is 0 Å². The lowest BCUT2D eigenvalue weighted by atomic mass is 10.1. The second-order valence-electron chi connectivity index (χ2n) is 4.42. The lowest BCUT2D eigenvalue weighted by molar-refractivity contribution is 0.268. The van der Waals surface area contributed by atoms with Crippen LogP contribution < -0.4 is 15.0 Å². The third kappa shape index (κ3) is 4.42. The second-order valence-corrected chi connectivity index (χ2v) is 4.42. The minimum atomic E-state index is 0.369. The third-order valence-corrected chi connectivity index (χ3v) is 2.15. The maximum Gasteiger partial charge on any atom is 0.323 e. The molecule has 0 atom stereocenters. The molecule has 6 heteroatoms. The first-order valence-corrected chi connectivity index (χ1v) is 5.77. The SMILES string of the molecule is CNc1nc(OCCC(C)C)nc(N(C)C)n1. The summed E-state index contributed by atoms with van der Waals surface area (Å²) in [5.41, 5.74) is 0. The number of hydrogen-bond donors (Lipinski definition) is 1. The van der Waals surface area contributed by atoms with Crippen molar-refractivity contribution < 1.29 is 4.74 Å². The summed E-state index contributed by atoms with van der Waals surface area (Å²) in [6, 6.07) is 0.369. The first-order valence-electron chi connectivity index (χ1n) is 5.77. The summed E-state index contributed by atoms with van der Waals surface area (Å²) in [7, 11) is 5.53. The van der Waals surface area contributed by atoms with Crippen LogP contribution in [0.2, 0.25) is 0 Å². The van der Waals surface area contributed by atoms with E-state index in [0.29, 0.717) is 30.4 Å². The van der Waals surface area contributed by atoms with Gasteiger partial charge in [-0.15, -0.1) is 0 Å². The van der Waals surface area contributed by atoms with Crippen LogP contribution in [0.3, 0.4) is 0 Å². The highest BCUT2D eigenvalue weighted by Gasteiger charge is 2.08. The number of rotatable bonds is 6. The Morgan fingerprint density at radius 3 is 2.47 bits per heavy atom. The largest absolute Gasteiger partial charge is 0.463 e. The first kappa shape index (κ1) is 13.5. The lowest BCUT2D eigenvalue weighted by Gasteiger charge is -2.13. The van der Waals surface area contributed by atoms with Crippen LogP contribution in [0, 0.1) is 5.92 Å². The molecule has 1 heterocycles. The zero-order chi connectivity index (χ0) is 12.8. The Balaban J connectivity index is 2.73. The van der Waals surface area contributed by atoms with E-state index in [0.717, 1.165) is 6.42 Å². The van der Waals surface area contributed by atoms with Crippen LogP contribution in [-0.2, 0) is 0 Å². The molecule has 0 radical (unpaired) electrons. The van der Waals surface area contributed by atoms with Gasteiger partial charge in [0, 0.05) is 21.1 Å². The molecule has 1 aromatic heterocycles. The molecule has 0 saturated heterocycles. The Hall–Kier alpha value is -1.59. The van der Waals surface area contributed by atoms with Crippen LogP contribution in [0.25, 0.3) is 0 Å². The molecule has 0 spiro atoms. The van der Waals surface area contributed by atoms with E-state index in [4.69, 9.17) is 4.74 Å². The molecular formula is C11H21N5O.